The van der Waals surface area contributed by atoms with Crippen molar-refractivity contribution >= 4 is 5.82 Å². The zero-order valence-electron chi connectivity index (χ0n) is 8.39. The molecule has 0 atom stereocenters. The first-order chi connectivity index (χ1) is 7.74. The van der Waals surface area contributed by atoms with Crippen LogP contribution in [-0.4, -0.2) is 18.5 Å². The molecule has 0 spiro atoms. The van der Waals surface area contributed by atoms with Gasteiger partial charge in [-0.15, -0.1) is 13.2 Å². The van der Waals surface area contributed by atoms with E-state index in [2.05, 4.69) is 14.5 Å². The van der Waals surface area contributed by atoms with Gasteiger partial charge in [0.15, 0.2) is 11.6 Å². The number of aromatic nitrogens is 1. The third-order valence-corrected chi connectivity index (χ3v) is 1.64. The number of hydrogen-bond donors (Lipinski definition) is 1. The summed E-state index contributed by atoms with van der Waals surface area (Å²) >= 11 is 0. The Hall–Kier alpha value is -1.80. The second-order valence-corrected chi connectivity index (χ2v) is 2.81. The van der Waals surface area contributed by atoms with E-state index in [-0.39, 0.29) is 0 Å². The minimum absolute atomic E-state index is 0.424. The van der Waals surface area contributed by atoms with Crippen molar-refractivity contribution in [1.29, 1.82) is 0 Å². The molecule has 0 radical (unpaired) electrons. The van der Waals surface area contributed by atoms with Gasteiger partial charge in [-0.25, -0.2) is 13.8 Å². The fourth-order valence-electron chi connectivity index (χ4n) is 1.07. The highest BCUT2D eigenvalue weighted by atomic mass is 19.4. The van der Waals surface area contributed by atoms with Crippen molar-refractivity contribution in [3.8, 4) is 11.5 Å². The molecule has 2 N–H and O–H groups in total. The van der Waals surface area contributed by atoms with Gasteiger partial charge in [0, 0.05) is 6.07 Å². The van der Waals surface area contributed by atoms with E-state index in [1.54, 1.807) is 0 Å². The molecule has 0 aliphatic carbocycles. The number of rotatable bonds is 3. The molecule has 0 fully saturated rings. The molecule has 1 heterocycles. The molecule has 0 aliphatic rings. The molecule has 0 saturated carbocycles. The predicted octanol–water partition coefficient (Wildman–Crippen LogP) is 2.51. The highest BCUT2D eigenvalue weighted by molar-refractivity contribution is 5.56. The minimum atomic E-state index is -5.04. The number of alkyl halides is 5. The molecule has 1 aromatic rings. The van der Waals surface area contributed by atoms with E-state index in [4.69, 9.17) is 5.73 Å². The fourth-order valence-corrected chi connectivity index (χ4v) is 1.07. The number of nitrogens with zero attached hydrogens (tertiary/aromatic N) is 1. The summed E-state index contributed by atoms with van der Waals surface area (Å²) in [6.45, 7) is 0. The summed E-state index contributed by atoms with van der Waals surface area (Å²) in [4.78, 5) is 3.19. The standard InChI is InChI=1S/C8H7F5N2O2/c1-16-5-4(17-8(11,12)13)2-3(6(9)10)15-7(5)14/h2,6H,1H3,(H2,14,15). The lowest BCUT2D eigenvalue weighted by molar-refractivity contribution is -0.275. The van der Waals surface area contributed by atoms with Crippen LogP contribution in [0.25, 0.3) is 0 Å². The third-order valence-electron chi connectivity index (χ3n) is 1.64. The van der Waals surface area contributed by atoms with E-state index >= 15 is 0 Å². The molecule has 17 heavy (non-hydrogen) atoms. The van der Waals surface area contributed by atoms with Gasteiger partial charge in [0.25, 0.3) is 6.43 Å². The van der Waals surface area contributed by atoms with Gasteiger partial charge in [-0.1, -0.05) is 0 Å². The lowest BCUT2D eigenvalue weighted by Gasteiger charge is -2.14. The quantitative estimate of drug-likeness (QED) is 0.846. The third kappa shape index (κ3) is 3.33. The number of hydrogen-bond acceptors (Lipinski definition) is 4. The van der Waals surface area contributed by atoms with Crippen LogP contribution in [-0.2, 0) is 0 Å². The van der Waals surface area contributed by atoms with Gasteiger partial charge in [0.1, 0.15) is 5.69 Å². The Bertz CT molecular complexity index is 408. The molecule has 1 rings (SSSR count). The largest absolute Gasteiger partial charge is 0.573 e. The number of nitrogen functional groups attached to an aromatic ring is 1. The van der Waals surface area contributed by atoms with E-state index in [9.17, 15) is 22.0 Å². The van der Waals surface area contributed by atoms with Crippen molar-refractivity contribution < 1.29 is 31.4 Å². The van der Waals surface area contributed by atoms with Crippen molar-refractivity contribution in [3.63, 3.8) is 0 Å². The zero-order valence-corrected chi connectivity index (χ0v) is 8.39. The first kappa shape index (κ1) is 13.3. The van der Waals surface area contributed by atoms with E-state index in [1.165, 1.54) is 0 Å². The Morgan fingerprint density at radius 3 is 2.35 bits per heavy atom. The minimum Gasteiger partial charge on any atom is -0.490 e. The van der Waals surface area contributed by atoms with Crippen LogP contribution in [0, 0.1) is 0 Å². The second kappa shape index (κ2) is 4.60. The SMILES string of the molecule is COc1c(OC(F)(F)F)cc(C(F)F)nc1N. The molecule has 0 saturated heterocycles. The maximum atomic E-state index is 12.3. The van der Waals surface area contributed by atoms with E-state index in [0.29, 0.717) is 6.07 Å². The van der Waals surface area contributed by atoms with Crippen LogP contribution in [0.2, 0.25) is 0 Å². The summed E-state index contributed by atoms with van der Waals surface area (Å²) in [5.41, 5.74) is 4.24. The van der Waals surface area contributed by atoms with Crippen LogP contribution in [0.4, 0.5) is 27.8 Å². The molecule has 0 aliphatic heterocycles. The first-order valence-electron chi connectivity index (χ1n) is 4.13. The number of methoxy groups -OCH3 is 1. The van der Waals surface area contributed by atoms with E-state index in [1.807, 2.05) is 0 Å². The van der Waals surface area contributed by atoms with Crippen LogP contribution >= 0.6 is 0 Å². The van der Waals surface area contributed by atoms with Crippen LogP contribution < -0.4 is 15.2 Å². The number of anilines is 1. The normalized spacial score (nSPS) is 11.7. The van der Waals surface area contributed by atoms with Gasteiger partial charge >= 0.3 is 6.36 Å². The van der Waals surface area contributed by atoms with Crippen molar-refractivity contribution in [2.24, 2.45) is 0 Å². The summed E-state index contributed by atoms with van der Waals surface area (Å²) in [5, 5.41) is 0. The van der Waals surface area contributed by atoms with Gasteiger partial charge in [-0.05, 0) is 0 Å². The van der Waals surface area contributed by atoms with Crippen LogP contribution in [0.15, 0.2) is 6.07 Å². The highest BCUT2D eigenvalue weighted by Gasteiger charge is 2.34. The smallest absolute Gasteiger partial charge is 0.490 e. The lowest BCUT2D eigenvalue weighted by atomic mass is 10.3. The van der Waals surface area contributed by atoms with E-state index < -0.39 is 35.8 Å². The molecule has 96 valence electrons. The van der Waals surface area contributed by atoms with Crippen molar-refractivity contribution in [2.75, 3.05) is 12.8 Å². The van der Waals surface area contributed by atoms with Crippen LogP contribution in [0.3, 0.4) is 0 Å². The monoisotopic (exact) mass is 258 g/mol. The topological polar surface area (TPSA) is 57.4 Å². The Balaban J connectivity index is 3.24. The number of ether oxygens (including phenoxy) is 2. The van der Waals surface area contributed by atoms with Gasteiger partial charge in [-0.3, -0.25) is 0 Å². The Kier molecular flexibility index (Phi) is 3.59. The average Bonchev–Trinajstić information content (AvgIpc) is 2.14. The van der Waals surface area contributed by atoms with Gasteiger partial charge in [-0.2, -0.15) is 0 Å². The number of pyridine rings is 1. The average molecular weight is 258 g/mol. The molecule has 4 nitrogen and oxygen atoms in total. The summed E-state index contributed by atoms with van der Waals surface area (Å²) < 4.78 is 68.6. The van der Waals surface area contributed by atoms with Crippen LogP contribution in [0.5, 0.6) is 11.5 Å². The van der Waals surface area contributed by atoms with Gasteiger partial charge in [0.2, 0.25) is 5.75 Å². The maximum absolute atomic E-state index is 12.3. The Labute approximate surface area is 92.1 Å². The Morgan fingerprint density at radius 1 is 1.35 bits per heavy atom. The molecular formula is C8H7F5N2O2. The summed E-state index contributed by atoms with van der Waals surface area (Å²) in [5.74, 6) is -2.11. The number of nitrogens with two attached hydrogens (primary N) is 1. The zero-order chi connectivity index (χ0) is 13.2. The maximum Gasteiger partial charge on any atom is 0.573 e. The molecular weight excluding hydrogens is 251 g/mol. The number of halogens is 5. The summed E-state index contributed by atoms with van der Waals surface area (Å²) in [7, 11) is 1.01. The molecule has 0 bridgehead atoms. The van der Waals surface area contributed by atoms with Gasteiger partial charge in [0.05, 0.1) is 7.11 Å². The fraction of sp³-hybridized carbons (Fsp3) is 0.375. The van der Waals surface area contributed by atoms with Crippen molar-refractivity contribution in [1.82, 2.24) is 4.98 Å². The predicted molar refractivity (Wildman–Crippen MR) is 46.8 cm³/mol. The molecule has 0 amide bonds. The Morgan fingerprint density at radius 2 is 1.94 bits per heavy atom. The van der Waals surface area contributed by atoms with Gasteiger partial charge < -0.3 is 15.2 Å². The lowest BCUT2D eigenvalue weighted by Crippen LogP contribution is -2.18. The van der Waals surface area contributed by atoms with E-state index in [0.717, 1.165) is 7.11 Å². The second-order valence-electron chi connectivity index (χ2n) is 2.81. The summed E-state index contributed by atoms with van der Waals surface area (Å²) in [6.07, 6.45) is -8.11. The van der Waals surface area contributed by atoms with Crippen molar-refractivity contribution in [3.05, 3.63) is 11.8 Å². The molecule has 0 aromatic carbocycles. The highest BCUT2D eigenvalue weighted by Crippen LogP contribution is 2.38. The summed E-state index contributed by atoms with van der Waals surface area (Å²) in [6, 6.07) is 0.424. The van der Waals surface area contributed by atoms with Crippen molar-refractivity contribution in [2.45, 2.75) is 12.8 Å². The first-order valence-corrected chi connectivity index (χ1v) is 4.13. The van der Waals surface area contributed by atoms with Crippen LogP contribution in [0.1, 0.15) is 12.1 Å². The molecule has 9 heteroatoms. The molecule has 0 unspecified atom stereocenters. The molecule has 1 aromatic heterocycles.